The van der Waals surface area contributed by atoms with Gasteiger partial charge in [-0.2, -0.15) is 0 Å². The molecule has 0 aromatic heterocycles. The summed E-state index contributed by atoms with van der Waals surface area (Å²) in [6.45, 7) is 0. The number of ether oxygens (including phenoxy) is 1. The van der Waals surface area contributed by atoms with Crippen molar-refractivity contribution < 1.29 is 4.74 Å². The molecule has 1 nitrogen and oxygen atoms in total. The summed E-state index contributed by atoms with van der Waals surface area (Å²) in [7, 11) is 1.71. The first-order valence-electron chi connectivity index (χ1n) is 11.4. The van der Waals surface area contributed by atoms with Gasteiger partial charge in [-0.05, 0) is 89.6 Å². The van der Waals surface area contributed by atoms with Gasteiger partial charge in [0.25, 0.3) is 0 Å². The lowest BCUT2D eigenvalue weighted by Crippen LogP contribution is -1.94. The highest BCUT2D eigenvalue weighted by Gasteiger charge is 2.16. The molecule has 0 aliphatic carbocycles. The molecule has 0 heterocycles. The summed E-state index contributed by atoms with van der Waals surface area (Å²) >= 11 is 0. The van der Waals surface area contributed by atoms with Crippen molar-refractivity contribution in [3.63, 3.8) is 0 Å². The summed E-state index contributed by atoms with van der Waals surface area (Å²) in [6, 6.07) is 37.7. The minimum atomic E-state index is 0.896. The number of hydrogen-bond donors (Lipinski definition) is 0. The van der Waals surface area contributed by atoms with Crippen LogP contribution >= 0.6 is 0 Å². The van der Waals surface area contributed by atoms with Gasteiger partial charge in [0.05, 0.1) is 7.11 Å². The molecule has 33 heavy (non-hydrogen) atoms. The molecule has 0 unspecified atom stereocenters. The molecule has 0 saturated carbocycles. The fraction of sp³-hybridized carbons (Fsp3) is 0.0625. The van der Waals surface area contributed by atoms with E-state index in [9.17, 15) is 0 Å². The quantitative estimate of drug-likeness (QED) is 0.205. The van der Waals surface area contributed by atoms with Crippen LogP contribution in [0.25, 0.3) is 53.9 Å². The molecule has 156 valence electrons. The number of fused-ring (bicyclic) bond motifs is 4. The second-order valence-electron chi connectivity index (χ2n) is 8.90. The standard InChI is InChI=1S/C32H22O/c1-33-24-15-12-20(13-16-24)18-22-14-17-28-27-10-4-7-23-19-21-6-2-3-8-26(21)32(30(23)27)29-11-5-9-25(22)31(28)29/h2-17,19H,18H2,1H3. The van der Waals surface area contributed by atoms with Gasteiger partial charge in [0.1, 0.15) is 5.75 Å². The van der Waals surface area contributed by atoms with Gasteiger partial charge in [-0.1, -0.05) is 84.9 Å². The Labute approximate surface area is 192 Å². The molecular formula is C32H22O. The molecule has 0 radical (unpaired) electrons. The van der Waals surface area contributed by atoms with E-state index in [-0.39, 0.29) is 0 Å². The van der Waals surface area contributed by atoms with E-state index in [0.29, 0.717) is 0 Å². The van der Waals surface area contributed by atoms with E-state index in [1.807, 2.05) is 12.1 Å². The van der Waals surface area contributed by atoms with Gasteiger partial charge in [0.15, 0.2) is 0 Å². The molecule has 0 bridgehead atoms. The van der Waals surface area contributed by atoms with Crippen molar-refractivity contribution in [3.05, 3.63) is 114 Å². The van der Waals surface area contributed by atoms with Crippen LogP contribution in [-0.4, -0.2) is 7.11 Å². The molecule has 0 amide bonds. The van der Waals surface area contributed by atoms with Crippen LogP contribution in [0.15, 0.2) is 103 Å². The van der Waals surface area contributed by atoms with Crippen molar-refractivity contribution in [2.75, 3.05) is 7.11 Å². The van der Waals surface area contributed by atoms with Gasteiger partial charge in [0.2, 0.25) is 0 Å². The minimum absolute atomic E-state index is 0.896. The SMILES string of the molecule is COc1ccc(Cc2ccc3c4cccc5cc6ccccc6c(c6cccc2c36)c54)cc1. The third-order valence-electron chi connectivity index (χ3n) is 7.13. The summed E-state index contributed by atoms with van der Waals surface area (Å²) < 4.78 is 5.34. The lowest BCUT2D eigenvalue weighted by molar-refractivity contribution is 0.414. The van der Waals surface area contributed by atoms with Crippen LogP contribution in [0.4, 0.5) is 0 Å². The maximum absolute atomic E-state index is 5.34. The first-order valence-corrected chi connectivity index (χ1v) is 11.4. The number of rotatable bonds is 3. The molecule has 0 N–H and O–H groups in total. The van der Waals surface area contributed by atoms with E-state index in [0.717, 1.165) is 12.2 Å². The second-order valence-corrected chi connectivity index (χ2v) is 8.90. The molecule has 0 saturated heterocycles. The van der Waals surface area contributed by atoms with Gasteiger partial charge in [-0.25, -0.2) is 0 Å². The molecule has 0 spiro atoms. The molecule has 7 aromatic carbocycles. The normalized spacial score (nSPS) is 11.9. The Hall–Kier alpha value is -4.10. The van der Waals surface area contributed by atoms with Crippen LogP contribution in [0.1, 0.15) is 11.1 Å². The summed E-state index contributed by atoms with van der Waals surface area (Å²) in [4.78, 5) is 0. The Bertz CT molecular complexity index is 1810. The van der Waals surface area contributed by atoms with Crippen molar-refractivity contribution in [2.24, 2.45) is 0 Å². The van der Waals surface area contributed by atoms with Crippen molar-refractivity contribution in [1.29, 1.82) is 0 Å². The van der Waals surface area contributed by atoms with Gasteiger partial charge < -0.3 is 4.74 Å². The van der Waals surface area contributed by atoms with Crippen LogP contribution in [0.5, 0.6) is 5.75 Å². The molecule has 1 heteroatoms. The van der Waals surface area contributed by atoms with Gasteiger partial charge >= 0.3 is 0 Å². The molecular weight excluding hydrogens is 400 g/mol. The zero-order valence-electron chi connectivity index (χ0n) is 18.4. The van der Waals surface area contributed by atoms with E-state index in [1.54, 1.807) is 7.11 Å². The number of methoxy groups -OCH3 is 1. The van der Waals surface area contributed by atoms with Gasteiger partial charge in [0, 0.05) is 0 Å². The topological polar surface area (TPSA) is 9.23 Å². The van der Waals surface area contributed by atoms with E-state index in [1.165, 1.54) is 65.0 Å². The summed E-state index contributed by atoms with van der Waals surface area (Å²) in [5, 5.41) is 13.4. The Morgan fingerprint density at radius 3 is 2.09 bits per heavy atom. The van der Waals surface area contributed by atoms with Crippen LogP contribution < -0.4 is 4.74 Å². The maximum atomic E-state index is 5.34. The highest BCUT2D eigenvalue weighted by Crippen LogP contribution is 2.44. The Balaban J connectivity index is 1.60. The lowest BCUT2D eigenvalue weighted by atomic mass is 9.85. The van der Waals surface area contributed by atoms with E-state index >= 15 is 0 Å². The highest BCUT2D eigenvalue weighted by atomic mass is 16.5. The van der Waals surface area contributed by atoms with E-state index in [2.05, 4.69) is 91.0 Å². The monoisotopic (exact) mass is 422 g/mol. The van der Waals surface area contributed by atoms with Crippen molar-refractivity contribution in [1.82, 2.24) is 0 Å². The summed E-state index contributed by atoms with van der Waals surface area (Å²) in [5.41, 5.74) is 2.65. The fourth-order valence-electron chi connectivity index (χ4n) is 5.64. The van der Waals surface area contributed by atoms with Gasteiger partial charge in [-0.15, -0.1) is 0 Å². The fourth-order valence-corrected chi connectivity index (χ4v) is 5.64. The minimum Gasteiger partial charge on any atom is -0.497 e. The Kier molecular flexibility index (Phi) is 3.89. The first-order chi connectivity index (χ1) is 16.3. The van der Waals surface area contributed by atoms with Gasteiger partial charge in [-0.3, -0.25) is 0 Å². The smallest absolute Gasteiger partial charge is 0.118 e. The van der Waals surface area contributed by atoms with Crippen LogP contribution in [0.3, 0.4) is 0 Å². The lowest BCUT2D eigenvalue weighted by Gasteiger charge is -2.18. The number of hydrogen-bond acceptors (Lipinski definition) is 1. The Morgan fingerprint density at radius 1 is 0.515 bits per heavy atom. The van der Waals surface area contributed by atoms with Crippen molar-refractivity contribution >= 4 is 53.9 Å². The molecule has 0 atom stereocenters. The van der Waals surface area contributed by atoms with Crippen molar-refractivity contribution in [3.8, 4) is 5.75 Å². The number of benzene rings is 7. The average Bonchev–Trinajstić information content (AvgIpc) is 2.87. The maximum Gasteiger partial charge on any atom is 0.118 e. The predicted octanol–water partition coefficient (Wildman–Crippen LogP) is 8.49. The van der Waals surface area contributed by atoms with E-state index in [4.69, 9.17) is 4.74 Å². The molecule has 0 fully saturated rings. The zero-order chi connectivity index (χ0) is 21.9. The zero-order valence-corrected chi connectivity index (χ0v) is 18.4. The third-order valence-corrected chi connectivity index (χ3v) is 7.13. The summed E-state index contributed by atoms with van der Waals surface area (Å²) in [5.74, 6) is 0.896. The molecule has 0 aliphatic heterocycles. The molecule has 7 aromatic rings. The largest absolute Gasteiger partial charge is 0.497 e. The van der Waals surface area contributed by atoms with Crippen molar-refractivity contribution in [2.45, 2.75) is 6.42 Å². The predicted molar refractivity (Wildman–Crippen MR) is 141 cm³/mol. The second kappa shape index (κ2) is 6.95. The van der Waals surface area contributed by atoms with Crippen LogP contribution in [-0.2, 0) is 6.42 Å². The van der Waals surface area contributed by atoms with Crippen LogP contribution in [0.2, 0.25) is 0 Å². The summed E-state index contributed by atoms with van der Waals surface area (Å²) in [6.07, 6.45) is 0.900. The van der Waals surface area contributed by atoms with Crippen LogP contribution in [0, 0.1) is 0 Å². The molecule has 7 rings (SSSR count). The van der Waals surface area contributed by atoms with E-state index < -0.39 is 0 Å². The third kappa shape index (κ3) is 2.66. The average molecular weight is 423 g/mol. The first kappa shape index (κ1) is 18.5. The molecule has 0 aliphatic rings. The Morgan fingerprint density at radius 2 is 1.21 bits per heavy atom. The highest BCUT2D eigenvalue weighted by molar-refractivity contribution is 6.38.